The van der Waals surface area contributed by atoms with Crippen LogP contribution >= 0.6 is 11.8 Å². The van der Waals surface area contributed by atoms with Gasteiger partial charge in [0.25, 0.3) is 5.56 Å². The molecule has 2 rings (SSSR count). The molecule has 0 radical (unpaired) electrons. The van der Waals surface area contributed by atoms with Gasteiger partial charge in [-0.3, -0.25) is 9.36 Å². The largest absolute Gasteiger partial charge is 0.289 e. The Kier molecular flexibility index (Phi) is 3.71. The van der Waals surface area contributed by atoms with Crippen LogP contribution in [-0.4, -0.2) is 20.8 Å². The fourth-order valence-corrected chi connectivity index (χ4v) is 2.15. The maximum atomic E-state index is 12.1. The van der Waals surface area contributed by atoms with Crippen LogP contribution in [0.2, 0.25) is 0 Å². The van der Waals surface area contributed by atoms with Crippen molar-refractivity contribution >= 4 is 22.8 Å². The molecule has 0 bridgehead atoms. The minimum Gasteiger partial charge on any atom is -0.289 e. The predicted octanol–water partition coefficient (Wildman–Crippen LogP) is 2.73. The molecule has 2 heterocycles. The van der Waals surface area contributed by atoms with Crippen LogP contribution < -0.4 is 5.56 Å². The van der Waals surface area contributed by atoms with Gasteiger partial charge in [0.2, 0.25) is 0 Å². The highest BCUT2D eigenvalue weighted by molar-refractivity contribution is 7.98. The van der Waals surface area contributed by atoms with Crippen LogP contribution in [0.25, 0.3) is 11.0 Å². The quantitative estimate of drug-likeness (QED) is 0.631. The van der Waals surface area contributed by atoms with Gasteiger partial charge in [-0.05, 0) is 25.2 Å². The molecule has 0 saturated heterocycles. The van der Waals surface area contributed by atoms with Gasteiger partial charge in [-0.25, -0.2) is 9.97 Å². The summed E-state index contributed by atoms with van der Waals surface area (Å²) in [5, 5.41) is 1.60. The molecule has 0 aromatic carbocycles. The summed E-state index contributed by atoms with van der Waals surface area (Å²) in [4.78, 5) is 20.8. The molecule has 18 heavy (non-hydrogen) atoms. The first kappa shape index (κ1) is 13.1. The van der Waals surface area contributed by atoms with E-state index in [4.69, 9.17) is 0 Å². The van der Waals surface area contributed by atoms with Gasteiger partial charge < -0.3 is 0 Å². The van der Waals surface area contributed by atoms with Crippen LogP contribution in [0.15, 0.2) is 28.3 Å². The number of aromatic nitrogens is 3. The van der Waals surface area contributed by atoms with Crippen LogP contribution in [-0.2, 0) is 0 Å². The number of thioether (sulfide) groups is 1. The summed E-state index contributed by atoms with van der Waals surface area (Å²) < 4.78 is 1.77. The number of hydrogen-bond donors (Lipinski definition) is 0. The summed E-state index contributed by atoms with van der Waals surface area (Å²) in [6.45, 7) is 6.26. The van der Waals surface area contributed by atoms with Crippen molar-refractivity contribution in [1.29, 1.82) is 0 Å². The van der Waals surface area contributed by atoms with Crippen molar-refractivity contribution in [3.8, 4) is 0 Å². The van der Waals surface area contributed by atoms with Gasteiger partial charge in [-0.15, -0.1) is 0 Å². The molecule has 0 fully saturated rings. The fourth-order valence-electron chi connectivity index (χ4n) is 1.81. The lowest BCUT2D eigenvalue weighted by atomic mass is 10.1. The number of hydrogen-bond acceptors (Lipinski definition) is 4. The second-order valence-corrected chi connectivity index (χ2v) is 5.44. The molecule has 0 aliphatic carbocycles. The van der Waals surface area contributed by atoms with E-state index in [0.29, 0.717) is 11.1 Å². The van der Waals surface area contributed by atoms with Gasteiger partial charge in [-0.2, -0.15) is 0 Å². The lowest BCUT2D eigenvalue weighted by Crippen LogP contribution is -2.26. The molecular weight excluding hydrogens is 246 g/mol. The highest BCUT2D eigenvalue weighted by atomic mass is 32.2. The Hall–Kier alpha value is -1.36. The SMILES string of the molecule is CSc1ncc2ccc(=O)n([C@@H](C)C(C)C)c2n1. The zero-order valence-corrected chi connectivity index (χ0v) is 11.9. The Labute approximate surface area is 110 Å². The summed E-state index contributed by atoms with van der Waals surface area (Å²) in [6.07, 6.45) is 3.70. The van der Waals surface area contributed by atoms with Gasteiger partial charge >= 0.3 is 0 Å². The van der Waals surface area contributed by atoms with Crippen molar-refractivity contribution in [2.75, 3.05) is 6.26 Å². The molecule has 0 N–H and O–H groups in total. The summed E-state index contributed by atoms with van der Waals surface area (Å²) in [6, 6.07) is 3.49. The summed E-state index contributed by atoms with van der Waals surface area (Å²) in [5.74, 6) is 0.376. The molecule has 0 aliphatic heterocycles. The number of nitrogens with zero attached hydrogens (tertiary/aromatic N) is 3. The van der Waals surface area contributed by atoms with E-state index >= 15 is 0 Å². The standard InChI is InChI=1S/C13H17N3OS/c1-8(2)9(3)16-11(17)6-5-10-7-14-13(18-4)15-12(10)16/h5-9H,1-4H3/t9-/m0/s1. The summed E-state index contributed by atoms with van der Waals surface area (Å²) in [7, 11) is 0. The van der Waals surface area contributed by atoms with Crippen LogP contribution in [0.5, 0.6) is 0 Å². The smallest absolute Gasteiger partial charge is 0.252 e. The highest BCUT2D eigenvalue weighted by Crippen LogP contribution is 2.20. The van der Waals surface area contributed by atoms with Crippen LogP contribution in [0, 0.1) is 5.92 Å². The van der Waals surface area contributed by atoms with Crippen molar-refractivity contribution in [2.24, 2.45) is 5.92 Å². The van der Waals surface area contributed by atoms with E-state index in [1.807, 2.05) is 13.2 Å². The van der Waals surface area contributed by atoms with Crippen molar-refractivity contribution in [1.82, 2.24) is 14.5 Å². The normalized spacial score (nSPS) is 13.2. The Bertz CT molecular complexity index is 621. The van der Waals surface area contributed by atoms with Gasteiger partial charge in [0.1, 0.15) is 5.65 Å². The molecular formula is C13H17N3OS. The molecule has 2 aromatic rings. The van der Waals surface area contributed by atoms with E-state index < -0.39 is 0 Å². The first-order valence-electron chi connectivity index (χ1n) is 5.97. The summed E-state index contributed by atoms with van der Waals surface area (Å²) in [5.41, 5.74) is 0.720. The fraction of sp³-hybridized carbons (Fsp3) is 0.462. The molecule has 0 spiro atoms. The third kappa shape index (κ3) is 2.27. The van der Waals surface area contributed by atoms with Crippen LogP contribution in [0.4, 0.5) is 0 Å². The van der Waals surface area contributed by atoms with E-state index in [-0.39, 0.29) is 11.6 Å². The molecule has 4 nitrogen and oxygen atoms in total. The van der Waals surface area contributed by atoms with Gasteiger partial charge in [0.15, 0.2) is 5.16 Å². The molecule has 5 heteroatoms. The van der Waals surface area contributed by atoms with Gasteiger partial charge in [0.05, 0.1) is 0 Å². The summed E-state index contributed by atoms with van der Waals surface area (Å²) >= 11 is 1.48. The maximum Gasteiger partial charge on any atom is 0.252 e. The Morgan fingerprint density at radius 2 is 2.00 bits per heavy atom. The van der Waals surface area contributed by atoms with Crippen molar-refractivity contribution in [3.05, 3.63) is 28.7 Å². The average molecular weight is 263 g/mol. The zero-order chi connectivity index (χ0) is 13.3. The monoisotopic (exact) mass is 263 g/mol. The average Bonchev–Trinajstić information content (AvgIpc) is 2.37. The third-order valence-electron chi connectivity index (χ3n) is 3.20. The van der Waals surface area contributed by atoms with Crippen molar-refractivity contribution in [3.63, 3.8) is 0 Å². The lowest BCUT2D eigenvalue weighted by molar-refractivity contribution is 0.406. The topological polar surface area (TPSA) is 47.8 Å². The minimum atomic E-state index is -0.00514. The molecule has 0 amide bonds. The van der Waals surface area contributed by atoms with E-state index in [9.17, 15) is 4.79 Å². The van der Waals surface area contributed by atoms with E-state index in [1.54, 1.807) is 22.9 Å². The van der Waals surface area contributed by atoms with Crippen molar-refractivity contribution < 1.29 is 0 Å². The zero-order valence-electron chi connectivity index (χ0n) is 11.0. The Balaban J connectivity index is 2.76. The second kappa shape index (κ2) is 5.10. The van der Waals surface area contributed by atoms with E-state index in [2.05, 4.69) is 23.8 Å². The molecule has 0 aliphatic rings. The minimum absolute atomic E-state index is 0.00514. The Morgan fingerprint density at radius 1 is 1.28 bits per heavy atom. The lowest BCUT2D eigenvalue weighted by Gasteiger charge is -2.20. The first-order valence-corrected chi connectivity index (χ1v) is 7.19. The van der Waals surface area contributed by atoms with Gasteiger partial charge in [0, 0.05) is 23.7 Å². The number of pyridine rings is 1. The predicted molar refractivity (Wildman–Crippen MR) is 75.1 cm³/mol. The van der Waals surface area contributed by atoms with Crippen LogP contribution in [0.1, 0.15) is 26.8 Å². The second-order valence-electron chi connectivity index (χ2n) is 4.66. The highest BCUT2D eigenvalue weighted by Gasteiger charge is 2.15. The molecule has 1 atom stereocenters. The molecule has 2 aromatic heterocycles. The van der Waals surface area contributed by atoms with Gasteiger partial charge in [-0.1, -0.05) is 25.6 Å². The maximum absolute atomic E-state index is 12.1. The van der Waals surface area contributed by atoms with E-state index in [0.717, 1.165) is 11.0 Å². The van der Waals surface area contributed by atoms with Crippen molar-refractivity contribution in [2.45, 2.75) is 32.0 Å². The number of rotatable bonds is 3. The number of fused-ring (bicyclic) bond motifs is 1. The molecule has 96 valence electrons. The van der Waals surface area contributed by atoms with Crippen LogP contribution in [0.3, 0.4) is 0 Å². The molecule has 0 unspecified atom stereocenters. The third-order valence-corrected chi connectivity index (χ3v) is 3.76. The van der Waals surface area contributed by atoms with E-state index in [1.165, 1.54) is 11.8 Å². The first-order chi connectivity index (χ1) is 8.54. The Morgan fingerprint density at radius 3 is 2.61 bits per heavy atom. The molecule has 0 saturated carbocycles.